The summed E-state index contributed by atoms with van der Waals surface area (Å²) in [5.41, 5.74) is 3.08. The number of carbonyl (C=O) groups excluding carboxylic acids is 1. The summed E-state index contributed by atoms with van der Waals surface area (Å²) in [6, 6.07) is 4.05. The van der Waals surface area contributed by atoms with E-state index in [9.17, 15) is 9.90 Å². The molecule has 3 aliphatic rings. The molecule has 0 aromatic heterocycles. The van der Waals surface area contributed by atoms with Crippen molar-refractivity contribution in [3.8, 4) is 5.75 Å². The molecule has 0 fully saturated rings. The Morgan fingerprint density at radius 2 is 2.33 bits per heavy atom. The molecule has 0 amide bonds. The van der Waals surface area contributed by atoms with E-state index in [1.54, 1.807) is 6.08 Å². The fourth-order valence-corrected chi connectivity index (χ4v) is 4.00. The second kappa shape index (κ2) is 4.42. The predicted octanol–water partition coefficient (Wildman–Crippen LogP) is 1.54. The first-order valence-corrected chi connectivity index (χ1v) is 7.47. The van der Waals surface area contributed by atoms with Gasteiger partial charge in [0.05, 0.1) is 12.0 Å². The summed E-state index contributed by atoms with van der Waals surface area (Å²) in [7, 11) is 2.12. The van der Waals surface area contributed by atoms with E-state index in [1.807, 2.05) is 6.07 Å². The van der Waals surface area contributed by atoms with Gasteiger partial charge in [0, 0.05) is 24.1 Å². The molecule has 110 valence electrons. The van der Waals surface area contributed by atoms with Crippen LogP contribution in [0.3, 0.4) is 0 Å². The maximum atomic E-state index is 11.8. The van der Waals surface area contributed by atoms with Crippen LogP contribution in [0.15, 0.2) is 24.3 Å². The highest BCUT2D eigenvalue weighted by atomic mass is 16.5. The number of allylic oxidation sites excluding steroid dienone is 1. The van der Waals surface area contributed by atoms with Crippen LogP contribution in [0.25, 0.3) is 0 Å². The number of ketones is 1. The van der Waals surface area contributed by atoms with Crippen molar-refractivity contribution in [2.24, 2.45) is 0 Å². The normalized spacial score (nSPS) is 30.6. The molecule has 1 aromatic carbocycles. The van der Waals surface area contributed by atoms with Gasteiger partial charge in [-0.2, -0.15) is 0 Å². The molecule has 0 saturated carbocycles. The Balaban J connectivity index is 1.97. The Labute approximate surface area is 124 Å². The number of aliphatic hydroxyl groups excluding tert-OH is 1. The summed E-state index contributed by atoms with van der Waals surface area (Å²) in [4.78, 5) is 14.1. The van der Waals surface area contributed by atoms with Crippen LogP contribution in [-0.4, -0.2) is 35.5 Å². The number of benzene rings is 1. The summed E-state index contributed by atoms with van der Waals surface area (Å²) >= 11 is 0. The summed E-state index contributed by atoms with van der Waals surface area (Å²) in [6.07, 6.45) is 5.03. The van der Waals surface area contributed by atoms with Crippen molar-refractivity contribution in [3.05, 3.63) is 41.0 Å². The average Bonchev–Trinajstić information content (AvgIpc) is 2.72. The zero-order valence-electron chi connectivity index (χ0n) is 12.1. The van der Waals surface area contributed by atoms with Gasteiger partial charge in [-0.05, 0) is 31.7 Å². The van der Waals surface area contributed by atoms with Gasteiger partial charge in [-0.3, -0.25) is 4.79 Å². The van der Waals surface area contributed by atoms with Crippen LogP contribution in [0.2, 0.25) is 0 Å². The molecular formula is C17H19NO3. The molecule has 21 heavy (non-hydrogen) atoms. The lowest BCUT2D eigenvalue weighted by molar-refractivity contribution is -0.117. The molecule has 1 aromatic rings. The number of nitrogens with zero attached hydrogens (tertiary/aromatic N) is 1. The van der Waals surface area contributed by atoms with Gasteiger partial charge in [0.15, 0.2) is 5.78 Å². The summed E-state index contributed by atoms with van der Waals surface area (Å²) in [5.74, 6) is 0.942. The van der Waals surface area contributed by atoms with E-state index in [-0.39, 0.29) is 23.9 Å². The summed E-state index contributed by atoms with van der Waals surface area (Å²) in [6.45, 7) is 1.83. The first-order chi connectivity index (χ1) is 10.1. The number of ether oxygens (including phenoxy) is 1. The molecule has 0 saturated heterocycles. The summed E-state index contributed by atoms with van der Waals surface area (Å²) < 4.78 is 6.16. The fourth-order valence-electron chi connectivity index (χ4n) is 4.00. The molecule has 0 bridgehead atoms. The van der Waals surface area contributed by atoms with Gasteiger partial charge in [0.2, 0.25) is 0 Å². The monoisotopic (exact) mass is 285 g/mol. The third-order valence-electron chi connectivity index (χ3n) is 5.10. The van der Waals surface area contributed by atoms with Crippen molar-refractivity contribution < 1.29 is 14.6 Å². The van der Waals surface area contributed by atoms with Crippen LogP contribution in [0.1, 0.15) is 29.5 Å². The Bertz CT molecular complexity index is 652. The van der Waals surface area contributed by atoms with E-state index >= 15 is 0 Å². The lowest BCUT2D eigenvalue weighted by Crippen LogP contribution is -2.41. The van der Waals surface area contributed by atoms with E-state index in [4.69, 9.17) is 4.74 Å². The van der Waals surface area contributed by atoms with E-state index in [1.165, 1.54) is 11.1 Å². The van der Waals surface area contributed by atoms with E-state index in [0.29, 0.717) is 6.42 Å². The lowest BCUT2D eigenvalue weighted by Gasteiger charge is -2.33. The average molecular weight is 285 g/mol. The van der Waals surface area contributed by atoms with Crippen LogP contribution >= 0.6 is 0 Å². The highest BCUT2D eigenvalue weighted by Gasteiger charge is 2.52. The zero-order chi connectivity index (χ0) is 14.6. The fraction of sp³-hybridized carbons (Fsp3) is 0.471. The SMILES string of the molecule is CN1CC[C@@]23C=CC(=O)C[C@@H]2Oc2c(CO)ccc(c23)C1. The molecule has 2 heterocycles. The first kappa shape index (κ1) is 13.0. The van der Waals surface area contributed by atoms with Crippen molar-refractivity contribution in [2.45, 2.75) is 37.5 Å². The summed E-state index contributed by atoms with van der Waals surface area (Å²) in [5, 5.41) is 9.60. The van der Waals surface area contributed by atoms with Gasteiger partial charge >= 0.3 is 0 Å². The third kappa shape index (κ3) is 1.72. The minimum atomic E-state index is -0.200. The van der Waals surface area contributed by atoms with Gasteiger partial charge in [-0.15, -0.1) is 0 Å². The van der Waals surface area contributed by atoms with E-state index in [0.717, 1.165) is 30.8 Å². The minimum Gasteiger partial charge on any atom is -0.488 e. The van der Waals surface area contributed by atoms with E-state index in [2.05, 4.69) is 24.1 Å². The molecular weight excluding hydrogens is 266 g/mol. The standard InChI is InChI=1S/C17H19NO3/c1-18-7-6-17-5-4-13(20)8-14(17)21-16-12(10-19)3-2-11(9-18)15(16)17/h2-5,14,19H,6-10H2,1H3/t14-,17-/m0/s1. The van der Waals surface area contributed by atoms with Gasteiger partial charge in [-0.25, -0.2) is 0 Å². The van der Waals surface area contributed by atoms with Crippen LogP contribution < -0.4 is 4.74 Å². The van der Waals surface area contributed by atoms with E-state index < -0.39 is 0 Å². The van der Waals surface area contributed by atoms with Gasteiger partial charge in [0.25, 0.3) is 0 Å². The quantitative estimate of drug-likeness (QED) is 0.850. The molecule has 1 aliphatic carbocycles. The largest absolute Gasteiger partial charge is 0.488 e. The molecule has 4 heteroatoms. The van der Waals surface area contributed by atoms with Crippen LogP contribution in [-0.2, 0) is 23.4 Å². The Morgan fingerprint density at radius 3 is 3.14 bits per heavy atom. The van der Waals surface area contributed by atoms with Crippen molar-refractivity contribution in [1.29, 1.82) is 0 Å². The number of hydrogen-bond acceptors (Lipinski definition) is 4. The second-order valence-electron chi connectivity index (χ2n) is 6.38. The van der Waals surface area contributed by atoms with Crippen LogP contribution in [0.4, 0.5) is 0 Å². The number of hydrogen-bond donors (Lipinski definition) is 1. The Morgan fingerprint density at radius 1 is 1.48 bits per heavy atom. The predicted molar refractivity (Wildman–Crippen MR) is 78.2 cm³/mol. The molecule has 2 aliphatic heterocycles. The Kier molecular flexibility index (Phi) is 2.75. The molecule has 0 radical (unpaired) electrons. The number of carbonyl (C=O) groups is 1. The van der Waals surface area contributed by atoms with Crippen LogP contribution in [0.5, 0.6) is 5.75 Å². The first-order valence-electron chi connectivity index (χ1n) is 7.47. The molecule has 1 spiro atoms. The second-order valence-corrected chi connectivity index (χ2v) is 6.38. The Hall–Kier alpha value is -1.65. The van der Waals surface area contributed by atoms with Crippen molar-refractivity contribution in [1.82, 2.24) is 4.90 Å². The van der Waals surface area contributed by atoms with Gasteiger partial charge in [-0.1, -0.05) is 18.2 Å². The van der Waals surface area contributed by atoms with Crippen molar-refractivity contribution in [2.75, 3.05) is 13.6 Å². The smallest absolute Gasteiger partial charge is 0.159 e. The molecule has 2 atom stereocenters. The third-order valence-corrected chi connectivity index (χ3v) is 5.10. The van der Waals surface area contributed by atoms with Crippen LogP contribution in [0, 0.1) is 0 Å². The van der Waals surface area contributed by atoms with Gasteiger partial charge in [0.1, 0.15) is 11.9 Å². The number of rotatable bonds is 1. The molecule has 4 rings (SSSR count). The highest BCUT2D eigenvalue weighted by Crippen LogP contribution is 2.53. The molecule has 0 unspecified atom stereocenters. The maximum absolute atomic E-state index is 11.8. The highest BCUT2D eigenvalue weighted by molar-refractivity contribution is 5.92. The van der Waals surface area contributed by atoms with Crippen molar-refractivity contribution >= 4 is 5.78 Å². The topological polar surface area (TPSA) is 49.8 Å². The lowest BCUT2D eigenvalue weighted by atomic mass is 9.69. The number of aliphatic hydroxyl groups is 1. The minimum absolute atomic E-state index is 0.0289. The van der Waals surface area contributed by atoms with Crippen molar-refractivity contribution in [3.63, 3.8) is 0 Å². The maximum Gasteiger partial charge on any atom is 0.159 e. The molecule has 1 N–H and O–H groups in total. The molecule has 4 nitrogen and oxygen atoms in total. The zero-order valence-corrected chi connectivity index (χ0v) is 12.1. The van der Waals surface area contributed by atoms with Gasteiger partial charge < -0.3 is 14.7 Å².